The SMILES string of the molecule is NN1C2=C(C=O)C=CC(=O)C2(O)OCC1(CO)CO. The van der Waals surface area contributed by atoms with Gasteiger partial charge in [0.1, 0.15) is 11.2 Å². The summed E-state index contributed by atoms with van der Waals surface area (Å²) in [5, 5.41) is 29.8. The Labute approximate surface area is 108 Å². The second-order valence-electron chi connectivity index (χ2n) is 4.46. The van der Waals surface area contributed by atoms with Gasteiger partial charge in [-0.1, -0.05) is 0 Å². The largest absolute Gasteiger partial charge is 0.394 e. The Hall–Kier alpha value is -1.58. The van der Waals surface area contributed by atoms with Gasteiger partial charge in [-0.25, -0.2) is 5.84 Å². The number of allylic oxidation sites excluding steroid dienone is 2. The third-order valence-corrected chi connectivity index (χ3v) is 3.36. The van der Waals surface area contributed by atoms with Gasteiger partial charge in [-0.05, 0) is 12.2 Å². The molecule has 0 radical (unpaired) electrons. The number of ether oxygens (including phenoxy) is 1. The summed E-state index contributed by atoms with van der Waals surface area (Å²) < 4.78 is 5.08. The number of aliphatic hydroxyl groups excluding tert-OH is 2. The van der Waals surface area contributed by atoms with Crippen molar-refractivity contribution in [3.63, 3.8) is 0 Å². The number of hydrogen-bond acceptors (Lipinski definition) is 8. The predicted octanol–water partition coefficient (Wildman–Crippen LogP) is -2.80. The average molecular weight is 270 g/mol. The van der Waals surface area contributed by atoms with Crippen molar-refractivity contribution < 1.29 is 29.6 Å². The highest BCUT2D eigenvalue weighted by molar-refractivity contribution is 6.03. The third-order valence-electron chi connectivity index (χ3n) is 3.36. The molecule has 0 amide bonds. The van der Waals surface area contributed by atoms with Crippen LogP contribution in [0.1, 0.15) is 0 Å². The number of aliphatic hydroxyl groups is 3. The summed E-state index contributed by atoms with van der Waals surface area (Å²) >= 11 is 0. The first kappa shape index (κ1) is 13.8. The molecule has 0 bridgehead atoms. The van der Waals surface area contributed by atoms with E-state index in [1.165, 1.54) is 6.08 Å². The highest BCUT2D eigenvalue weighted by Gasteiger charge is 2.55. The van der Waals surface area contributed by atoms with Crippen LogP contribution in [0.4, 0.5) is 0 Å². The van der Waals surface area contributed by atoms with Gasteiger partial charge < -0.3 is 20.1 Å². The normalized spacial score (nSPS) is 29.5. The maximum atomic E-state index is 11.7. The maximum Gasteiger partial charge on any atom is 0.275 e. The van der Waals surface area contributed by atoms with E-state index in [1.54, 1.807) is 0 Å². The van der Waals surface area contributed by atoms with E-state index < -0.39 is 30.3 Å². The smallest absolute Gasteiger partial charge is 0.275 e. The summed E-state index contributed by atoms with van der Waals surface area (Å²) in [7, 11) is 0. The number of hydrogen-bond donors (Lipinski definition) is 4. The van der Waals surface area contributed by atoms with Gasteiger partial charge in [0.15, 0.2) is 6.29 Å². The third kappa shape index (κ3) is 1.73. The number of carbonyl (C=O) groups is 2. The van der Waals surface area contributed by atoms with Gasteiger partial charge in [-0.3, -0.25) is 14.6 Å². The molecule has 2 rings (SSSR count). The lowest BCUT2D eigenvalue weighted by molar-refractivity contribution is -0.240. The molecule has 0 aromatic carbocycles. The molecule has 19 heavy (non-hydrogen) atoms. The molecule has 5 N–H and O–H groups in total. The Morgan fingerprint density at radius 1 is 1.42 bits per heavy atom. The van der Waals surface area contributed by atoms with E-state index in [4.69, 9.17) is 10.6 Å². The van der Waals surface area contributed by atoms with Gasteiger partial charge in [0.2, 0.25) is 5.78 Å². The summed E-state index contributed by atoms with van der Waals surface area (Å²) in [6, 6.07) is 0. The molecule has 1 atom stereocenters. The molecule has 8 nitrogen and oxygen atoms in total. The van der Waals surface area contributed by atoms with Crippen LogP contribution in [0.15, 0.2) is 23.4 Å². The number of rotatable bonds is 3. The Morgan fingerprint density at radius 2 is 2.05 bits per heavy atom. The van der Waals surface area contributed by atoms with Gasteiger partial charge in [-0.2, -0.15) is 0 Å². The minimum atomic E-state index is -2.37. The van der Waals surface area contributed by atoms with Gasteiger partial charge in [0, 0.05) is 5.57 Å². The van der Waals surface area contributed by atoms with E-state index in [0.29, 0.717) is 6.29 Å². The van der Waals surface area contributed by atoms with Crippen LogP contribution in [0.2, 0.25) is 0 Å². The van der Waals surface area contributed by atoms with Crippen molar-refractivity contribution in [1.29, 1.82) is 0 Å². The van der Waals surface area contributed by atoms with Crippen molar-refractivity contribution in [2.24, 2.45) is 5.84 Å². The standard InChI is InChI=1S/C11H14N2O6/c12-13-9-7(3-14)1-2-8(17)11(9,18)19-6-10(13,4-15)5-16/h1-3,15-16,18H,4-6,12H2. The number of fused-ring (bicyclic) bond motifs is 1. The number of hydrazine groups is 1. The zero-order valence-corrected chi connectivity index (χ0v) is 9.94. The maximum absolute atomic E-state index is 11.7. The number of ketones is 1. The molecule has 0 aromatic heterocycles. The Kier molecular flexibility index (Phi) is 3.29. The van der Waals surface area contributed by atoms with Crippen LogP contribution in [0.5, 0.6) is 0 Å². The first-order valence-corrected chi connectivity index (χ1v) is 5.50. The minimum absolute atomic E-state index is 0.0597. The number of nitrogens with zero attached hydrogens (tertiary/aromatic N) is 1. The summed E-state index contributed by atoms with van der Waals surface area (Å²) in [6.07, 6.45) is 2.59. The quantitative estimate of drug-likeness (QED) is 0.319. The summed E-state index contributed by atoms with van der Waals surface area (Å²) in [5.74, 6) is 2.62. The Bertz CT molecular complexity index is 482. The molecule has 2 aliphatic rings. The van der Waals surface area contributed by atoms with Crippen LogP contribution in [0, 0.1) is 0 Å². The molecule has 1 heterocycles. The van der Waals surface area contributed by atoms with Crippen molar-refractivity contribution >= 4 is 12.1 Å². The second-order valence-corrected chi connectivity index (χ2v) is 4.46. The fraction of sp³-hybridized carbons (Fsp3) is 0.455. The zero-order valence-electron chi connectivity index (χ0n) is 9.94. The molecule has 0 spiro atoms. The fourth-order valence-corrected chi connectivity index (χ4v) is 2.05. The van der Waals surface area contributed by atoms with E-state index in [-0.39, 0.29) is 17.9 Å². The molecule has 104 valence electrons. The van der Waals surface area contributed by atoms with Crippen LogP contribution < -0.4 is 5.84 Å². The molecule has 1 unspecified atom stereocenters. The van der Waals surface area contributed by atoms with Crippen LogP contribution in [0.25, 0.3) is 0 Å². The van der Waals surface area contributed by atoms with Gasteiger partial charge in [-0.15, -0.1) is 0 Å². The van der Waals surface area contributed by atoms with Crippen LogP contribution >= 0.6 is 0 Å². The topological polar surface area (TPSA) is 133 Å². The first-order valence-electron chi connectivity index (χ1n) is 5.50. The molecule has 8 heteroatoms. The van der Waals surface area contributed by atoms with Crippen LogP contribution in [-0.2, 0) is 14.3 Å². The Balaban J connectivity index is 2.59. The summed E-state index contributed by atoms with van der Waals surface area (Å²) in [5.41, 5.74) is -1.76. The molecule has 1 saturated heterocycles. The molecule has 1 fully saturated rings. The van der Waals surface area contributed by atoms with Crippen LogP contribution in [0.3, 0.4) is 0 Å². The number of carbonyl (C=O) groups excluding carboxylic acids is 2. The highest BCUT2D eigenvalue weighted by Crippen LogP contribution is 2.37. The van der Waals surface area contributed by atoms with Crippen molar-refractivity contribution in [1.82, 2.24) is 5.01 Å². The summed E-state index contributed by atoms with van der Waals surface area (Å²) in [6.45, 7) is -1.53. The Morgan fingerprint density at radius 3 is 2.58 bits per heavy atom. The van der Waals surface area contributed by atoms with E-state index in [2.05, 4.69) is 0 Å². The average Bonchev–Trinajstić information content (AvgIpc) is 2.42. The van der Waals surface area contributed by atoms with Crippen molar-refractivity contribution in [2.75, 3.05) is 19.8 Å². The number of morpholine rings is 1. The minimum Gasteiger partial charge on any atom is -0.394 e. The molecule has 0 saturated carbocycles. The lowest BCUT2D eigenvalue weighted by Gasteiger charge is -2.50. The lowest BCUT2D eigenvalue weighted by atomic mass is 9.89. The van der Waals surface area contributed by atoms with Crippen molar-refractivity contribution in [3.05, 3.63) is 23.4 Å². The number of aldehydes is 1. The molecular formula is C11H14N2O6. The number of nitrogens with two attached hydrogens (primary N) is 1. The van der Waals surface area contributed by atoms with E-state index in [1.807, 2.05) is 0 Å². The summed E-state index contributed by atoms with van der Waals surface area (Å²) in [4.78, 5) is 22.7. The lowest BCUT2D eigenvalue weighted by Crippen LogP contribution is -2.70. The van der Waals surface area contributed by atoms with E-state index in [9.17, 15) is 24.9 Å². The van der Waals surface area contributed by atoms with Crippen molar-refractivity contribution in [3.8, 4) is 0 Å². The molecule has 1 aliphatic heterocycles. The molecular weight excluding hydrogens is 256 g/mol. The zero-order chi connectivity index (χ0) is 14.3. The van der Waals surface area contributed by atoms with E-state index >= 15 is 0 Å². The fourth-order valence-electron chi connectivity index (χ4n) is 2.05. The van der Waals surface area contributed by atoms with E-state index in [0.717, 1.165) is 11.1 Å². The molecule has 0 aromatic rings. The van der Waals surface area contributed by atoms with Gasteiger partial charge in [0.25, 0.3) is 5.79 Å². The highest BCUT2D eigenvalue weighted by atomic mass is 16.6. The van der Waals surface area contributed by atoms with Gasteiger partial charge in [0.05, 0.1) is 19.8 Å². The molecule has 1 aliphatic carbocycles. The van der Waals surface area contributed by atoms with Crippen molar-refractivity contribution in [2.45, 2.75) is 11.3 Å². The van der Waals surface area contributed by atoms with Crippen LogP contribution in [-0.4, -0.2) is 63.5 Å². The predicted molar refractivity (Wildman–Crippen MR) is 61.1 cm³/mol. The van der Waals surface area contributed by atoms with Gasteiger partial charge >= 0.3 is 0 Å². The monoisotopic (exact) mass is 270 g/mol. The first-order chi connectivity index (χ1) is 8.95. The second kappa shape index (κ2) is 4.51.